The molecule has 22 heavy (non-hydrogen) atoms. The third-order valence-electron chi connectivity index (χ3n) is 3.45. The van der Waals surface area contributed by atoms with Gasteiger partial charge in [-0.15, -0.1) is 0 Å². The summed E-state index contributed by atoms with van der Waals surface area (Å²) >= 11 is 0. The molecule has 0 spiro atoms. The highest BCUT2D eigenvalue weighted by atomic mass is 16.5. The minimum absolute atomic E-state index is 0.0846. The molecule has 3 heteroatoms. The number of hydrogen-bond donors (Lipinski definition) is 1. The van der Waals surface area contributed by atoms with Gasteiger partial charge in [-0.1, -0.05) is 31.2 Å². The van der Waals surface area contributed by atoms with E-state index >= 15 is 0 Å². The zero-order valence-electron chi connectivity index (χ0n) is 13.6. The topological polar surface area (TPSA) is 38.3 Å². The van der Waals surface area contributed by atoms with Gasteiger partial charge in [-0.3, -0.25) is 4.79 Å². The number of nitrogens with one attached hydrogen (secondary N) is 1. The first kappa shape index (κ1) is 16.1. The second-order valence-corrected chi connectivity index (χ2v) is 5.61. The van der Waals surface area contributed by atoms with Crippen LogP contribution in [0.2, 0.25) is 0 Å². The van der Waals surface area contributed by atoms with E-state index in [1.807, 2.05) is 51.1 Å². The molecule has 0 saturated heterocycles. The second-order valence-electron chi connectivity index (χ2n) is 5.61. The van der Waals surface area contributed by atoms with Crippen LogP contribution in [0.3, 0.4) is 0 Å². The lowest BCUT2D eigenvalue weighted by Crippen LogP contribution is -2.15. The highest BCUT2D eigenvalue weighted by Crippen LogP contribution is 2.23. The Bertz CT molecular complexity index is 662. The Morgan fingerprint density at radius 1 is 1.18 bits per heavy atom. The average molecular weight is 297 g/mol. The molecule has 0 aliphatic carbocycles. The van der Waals surface area contributed by atoms with Crippen molar-refractivity contribution in [1.29, 1.82) is 0 Å². The van der Waals surface area contributed by atoms with Crippen LogP contribution >= 0.6 is 0 Å². The van der Waals surface area contributed by atoms with Crippen LogP contribution in [0.1, 0.15) is 42.3 Å². The van der Waals surface area contributed by atoms with Crippen molar-refractivity contribution in [1.82, 2.24) is 0 Å². The van der Waals surface area contributed by atoms with Gasteiger partial charge in [0.15, 0.2) is 0 Å². The van der Waals surface area contributed by atoms with Crippen LogP contribution in [0.4, 0.5) is 5.69 Å². The number of aryl methyl sites for hydroxylation is 2. The van der Waals surface area contributed by atoms with Crippen LogP contribution in [0.25, 0.3) is 0 Å². The van der Waals surface area contributed by atoms with Gasteiger partial charge in [0.1, 0.15) is 5.75 Å². The lowest BCUT2D eigenvalue weighted by atomic mass is 10.1. The molecule has 0 aliphatic rings. The van der Waals surface area contributed by atoms with Gasteiger partial charge in [0.05, 0.1) is 6.10 Å². The minimum atomic E-state index is -0.113. The lowest BCUT2D eigenvalue weighted by Gasteiger charge is -2.14. The smallest absolute Gasteiger partial charge is 0.255 e. The van der Waals surface area contributed by atoms with E-state index in [1.54, 1.807) is 12.1 Å². The van der Waals surface area contributed by atoms with Gasteiger partial charge in [-0.05, 0) is 56.5 Å². The van der Waals surface area contributed by atoms with E-state index in [-0.39, 0.29) is 12.0 Å². The maximum absolute atomic E-state index is 12.5. The molecule has 0 heterocycles. The quantitative estimate of drug-likeness (QED) is 0.876. The van der Waals surface area contributed by atoms with Gasteiger partial charge in [0, 0.05) is 11.3 Å². The summed E-state index contributed by atoms with van der Waals surface area (Å²) in [6, 6.07) is 13.3. The second kappa shape index (κ2) is 7.12. The van der Waals surface area contributed by atoms with Crippen LogP contribution < -0.4 is 10.1 Å². The molecule has 0 unspecified atom stereocenters. The Kier molecular flexibility index (Phi) is 5.21. The van der Waals surface area contributed by atoms with Crippen molar-refractivity contribution in [2.24, 2.45) is 0 Å². The van der Waals surface area contributed by atoms with Crippen LogP contribution in [-0.2, 0) is 6.42 Å². The van der Waals surface area contributed by atoms with Crippen molar-refractivity contribution in [3.05, 3.63) is 59.2 Å². The lowest BCUT2D eigenvalue weighted by molar-refractivity contribution is 0.102. The van der Waals surface area contributed by atoms with Crippen LogP contribution in [-0.4, -0.2) is 12.0 Å². The van der Waals surface area contributed by atoms with Crippen LogP contribution in [0.15, 0.2) is 42.5 Å². The molecule has 0 aliphatic heterocycles. The van der Waals surface area contributed by atoms with E-state index in [9.17, 15) is 4.79 Å². The summed E-state index contributed by atoms with van der Waals surface area (Å²) in [5, 5.41) is 3.03. The summed E-state index contributed by atoms with van der Waals surface area (Å²) in [5.41, 5.74) is 3.72. The minimum Gasteiger partial charge on any atom is -0.491 e. The van der Waals surface area contributed by atoms with Gasteiger partial charge in [0.25, 0.3) is 5.91 Å². The molecule has 0 saturated carbocycles. The molecule has 0 atom stereocenters. The molecule has 1 amide bonds. The number of benzene rings is 2. The maximum Gasteiger partial charge on any atom is 0.255 e. The number of hydrogen-bond acceptors (Lipinski definition) is 2. The zero-order chi connectivity index (χ0) is 16.1. The fraction of sp³-hybridized carbons (Fsp3) is 0.316. The Morgan fingerprint density at radius 3 is 2.59 bits per heavy atom. The standard InChI is InChI=1S/C19H23NO2/c1-5-15-9-6-8-14(4)18(15)20-19(21)16-10-7-11-17(12-16)22-13(2)3/h6-13H,5H2,1-4H3,(H,20,21). The van der Waals surface area contributed by atoms with E-state index in [0.717, 1.165) is 23.2 Å². The molecule has 0 aromatic heterocycles. The number of amides is 1. The molecular weight excluding hydrogens is 274 g/mol. The van der Waals surface area contributed by atoms with E-state index in [1.165, 1.54) is 0 Å². The first-order chi connectivity index (χ1) is 10.5. The molecule has 0 bridgehead atoms. The SMILES string of the molecule is CCc1cccc(C)c1NC(=O)c1cccc(OC(C)C)c1. The highest BCUT2D eigenvalue weighted by molar-refractivity contribution is 6.05. The Labute approximate surface area is 132 Å². The first-order valence-corrected chi connectivity index (χ1v) is 7.67. The van der Waals surface area contributed by atoms with Gasteiger partial charge in [-0.25, -0.2) is 0 Å². The summed E-state index contributed by atoms with van der Waals surface area (Å²) in [5.74, 6) is 0.598. The third kappa shape index (κ3) is 3.88. The molecule has 3 nitrogen and oxygen atoms in total. The van der Waals surface area contributed by atoms with Crippen molar-refractivity contribution in [2.45, 2.75) is 40.2 Å². The van der Waals surface area contributed by atoms with Crippen LogP contribution in [0, 0.1) is 6.92 Å². The molecule has 0 fully saturated rings. The van der Waals surface area contributed by atoms with Crippen molar-refractivity contribution >= 4 is 11.6 Å². The Balaban J connectivity index is 2.23. The van der Waals surface area contributed by atoms with E-state index in [4.69, 9.17) is 4.74 Å². The van der Waals surface area contributed by atoms with Crippen molar-refractivity contribution < 1.29 is 9.53 Å². The molecule has 1 N–H and O–H groups in total. The average Bonchev–Trinajstić information content (AvgIpc) is 2.48. The Morgan fingerprint density at radius 2 is 1.91 bits per heavy atom. The van der Waals surface area contributed by atoms with Gasteiger partial charge in [0.2, 0.25) is 0 Å². The monoisotopic (exact) mass is 297 g/mol. The molecule has 2 aromatic carbocycles. The molecule has 2 rings (SSSR count). The predicted molar refractivity (Wildman–Crippen MR) is 90.7 cm³/mol. The number of carbonyl (C=O) groups excluding carboxylic acids is 1. The van der Waals surface area contributed by atoms with Crippen molar-refractivity contribution in [3.63, 3.8) is 0 Å². The van der Waals surface area contributed by atoms with Crippen LogP contribution in [0.5, 0.6) is 5.75 Å². The largest absolute Gasteiger partial charge is 0.491 e. The summed E-state index contributed by atoms with van der Waals surface area (Å²) in [6.45, 7) is 8.02. The van der Waals surface area contributed by atoms with Crippen molar-refractivity contribution in [2.75, 3.05) is 5.32 Å². The van der Waals surface area contributed by atoms with E-state index in [2.05, 4.69) is 12.2 Å². The summed E-state index contributed by atoms with van der Waals surface area (Å²) in [6.07, 6.45) is 0.967. The molecule has 0 radical (unpaired) electrons. The predicted octanol–water partition coefficient (Wildman–Crippen LogP) is 4.60. The fourth-order valence-electron chi connectivity index (χ4n) is 2.37. The summed E-state index contributed by atoms with van der Waals surface area (Å²) < 4.78 is 5.64. The molecular formula is C19H23NO2. The van der Waals surface area contributed by atoms with Gasteiger partial charge >= 0.3 is 0 Å². The third-order valence-corrected chi connectivity index (χ3v) is 3.45. The number of para-hydroxylation sites is 1. The molecule has 116 valence electrons. The number of ether oxygens (including phenoxy) is 1. The van der Waals surface area contributed by atoms with E-state index < -0.39 is 0 Å². The number of anilines is 1. The van der Waals surface area contributed by atoms with E-state index in [0.29, 0.717) is 11.3 Å². The summed E-state index contributed by atoms with van der Waals surface area (Å²) in [4.78, 5) is 12.5. The highest BCUT2D eigenvalue weighted by Gasteiger charge is 2.11. The number of rotatable bonds is 5. The first-order valence-electron chi connectivity index (χ1n) is 7.67. The Hall–Kier alpha value is -2.29. The van der Waals surface area contributed by atoms with Gasteiger partial charge in [-0.2, -0.15) is 0 Å². The maximum atomic E-state index is 12.5. The zero-order valence-corrected chi connectivity index (χ0v) is 13.6. The van der Waals surface area contributed by atoms with Crippen molar-refractivity contribution in [3.8, 4) is 5.75 Å². The normalized spacial score (nSPS) is 10.6. The number of carbonyl (C=O) groups is 1. The molecule has 2 aromatic rings. The van der Waals surface area contributed by atoms with Gasteiger partial charge < -0.3 is 10.1 Å². The summed E-state index contributed by atoms with van der Waals surface area (Å²) in [7, 11) is 0. The fourth-order valence-corrected chi connectivity index (χ4v) is 2.37.